The molecule has 0 saturated heterocycles. The number of halogens is 2. The molecule has 1 heterocycles. The summed E-state index contributed by atoms with van der Waals surface area (Å²) in [6.45, 7) is 0.618. The van der Waals surface area contributed by atoms with Gasteiger partial charge < -0.3 is 19.5 Å². The third kappa shape index (κ3) is 3.80. The zero-order valence-electron chi connectivity index (χ0n) is 14.3. The average Bonchev–Trinajstić information content (AvgIpc) is 2.63. The minimum absolute atomic E-state index is 0.0726. The molecule has 0 aliphatic carbocycles. The van der Waals surface area contributed by atoms with E-state index >= 15 is 0 Å². The molecule has 0 spiro atoms. The van der Waals surface area contributed by atoms with Gasteiger partial charge in [0, 0.05) is 30.3 Å². The third-order valence-corrected chi connectivity index (χ3v) is 3.65. The second kappa shape index (κ2) is 7.92. The molecular formula is C18H17F2N3O3. The lowest BCUT2D eigenvalue weighted by Gasteiger charge is -2.12. The van der Waals surface area contributed by atoms with Crippen LogP contribution in [-0.2, 0) is 4.74 Å². The van der Waals surface area contributed by atoms with Crippen molar-refractivity contribution < 1.29 is 23.0 Å². The van der Waals surface area contributed by atoms with Gasteiger partial charge in [-0.25, -0.2) is 18.7 Å². The first-order chi connectivity index (χ1) is 12.6. The lowest BCUT2D eigenvalue weighted by molar-refractivity contribution is 0.144. The molecule has 0 unspecified atom stereocenters. The van der Waals surface area contributed by atoms with Gasteiger partial charge in [0.05, 0.1) is 19.2 Å². The number of benzene rings is 2. The van der Waals surface area contributed by atoms with Gasteiger partial charge in [-0.05, 0) is 18.2 Å². The molecule has 0 saturated carbocycles. The third-order valence-electron chi connectivity index (χ3n) is 3.65. The van der Waals surface area contributed by atoms with Crippen molar-refractivity contribution in [3.05, 3.63) is 48.3 Å². The number of rotatable bonds is 7. The van der Waals surface area contributed by atoms with Crippen molar-refractivity contribution in [2.24, 2.45) is 0 Å². The van der Waals surface area contributed by atoms with Gasteiger partial charge in [0.25, 0.3) is 0 Å². The Kier molecular flexibility index (Phi) is 5.43. The number of hydrogen-bond acceptors (Lipinski definition) is 6. The Morgan fingerprint density at radius 1 is 0.962 bits per heavy atom. The van der Waals surface area contributed by atoms with E-state index in [1.165, 1.54) is 37.7 Å². The Bertz CT molecular complexity index is 922. The highest BCUT2D eigenvalue weighted by Gasteiger charge is 2.11. The van der Waals surface area contributed by atoms with E-state index in [0.29, 0.717) is 29.0 Å². The van der Waals surface area contributed by atoms with E-state index in [-0.39, 0.29) is 18.1 Å². The van der Waals surface area contributed by atoms with Crippen LogP contribution in [0.2, 0.25) is 0 Å². The molecule has 0 aliphatic rings. The molecule has 0 atom stereocenters. The van der Waals surface area contributed by atoms with E-state index in [0.717, 1.165) is 0 Å². The topological polar surface area (TPSA) is 65.5 Å². The first kappa shape index (κ1) is 17.8. The molecule has 6 nitrogen and oxygen atoms in total. The summed E-state index contributed by atoms with van der Waals surface area (Å²) in [5.41, 5.74) is 0.866. The van der Waals surface area contributed by atoms with Gasteiger partial charge in [0.15, 0.2) is 23.1 Å². The van der Waals surface area contributed by atoms with Crippen LogP contribution in [0.25, 0.3) is 10.9 Å². The molecule has 0 aliphatic heterocycles. The first-order valence-corrected chi connectivity index (χ1v) is 7.79. The van der Waals surface area contributed by atoms with Gasteiger partial charge in [-0.15, -0.1) is 0 Å². The van der Waals surface area contributed by atoms with Crippen LogP contribution < -0.4 is 14.8 Å². The summed E-state index contributed by atoms with van der Waals surface area (Å²) >= 11 is 0. The Hall–Kier alpha value is -3.00. The molecular weight excluding hydrogens is 344 g/mol. The molecule has 0 amide bonds. The SMILES string of the molecule is COCCOc1ccc(Nc2ncnc3cc(F)c(OC)cc23)cc1F. The number of fused-ring (bicyclic) bond motifs is 1. The second-order valence-electron chi connectivity index (χ2n) is 5.34. The summed E-state index contributed by atoms with van der Waals surface area (Å²) in [4.78, 5) is 8.19. The highest BCUT2D eigenvalue weighted by molar-refractivity contribution is 5.91. The van der Waals surface area contributed by atoms with Crippen LogP contribution in [0.1, 0.15) is 0 Å². The molecule has 136 valence electrons. The first-order valence-electron chi connectivity index (χ1n) is 7.79. The lowest BCUT2D eigenvalue weighted by atomic mass is 10.2. The van der Waals surface area contributed by atoms with Crippen LogP contribution in [0, 0.1) is 11.6 Å². The predicted molar refractivity (Wildman–Crippen MR) is 93.1 cm³/mol. The number of ether oxygens (including phenoxy) is 3. The van der Waals surface area contributed by atoms with Crippen LogP contribution in [0.15, 0.2) is 36.7 Å². The van der Waals surface area contributed by atoms with Crippen molar-refractivity contribution in [2.75, 3.05) is 32.8 Å². The summed E-state index contributed by atoms with van der Waals surface area (Å²) < 4.78 is 43.1. The Morgan fingerprint density at radius 3 is 2.50 bits per heavy atom. The molecule has 26 heavy (non-hydrogen) atoms. The fourth-order valence-electron chi connectivity index (χ4n) is 2.38. The maximum absolute atomic E-state index is 14.2. The maximum Gasteiger partial charge on any atom is 0.167 e. The van der Waals surface area contributed by atoms with Crippen LogP contribution in [0.5, 0.6) is 11.5 Å². The standard InChI is InChI=1S/C18H17F2N3O3/c1-24-5-6-26-16-4-3-11(7-13(16)19)23-18-12-8-17(25-2)14(20)9-15(12)21-10-22-18/h3-4,7-10H,5-6H2,1-2H3,(H,21,22,23). The summed E-state index contributed by atoms with van der Waals surface area (Å²) in [6, 6.07) is 7.20. The zero-order chi connectivity index (χ0) is 18.5. The van der Waals surface area contributed by atoms with Crippen LogP contribution in [-0.4, -0.2) is 37.4 Å². The fourth-order valence-corrected chi connectivity index (χ4v) is 2.38. The summed E-state index contributed by atoms with van der Waals surface area (Å²) in [6.07, 6.45) is 1.30. The van der Waals surface area contributed by atoms with Gasteiger partial charge in [-0.2, -0.15) is 0 Å². The molecule has 1 aromatic heterocycles. The number of aromatic nitrogens is 2. The van der Waals surface area contributed by atoms with Crippen molar-refractivity contribution >= 4 is 22.4 Å². The molecule has 1 N–H and O–H groups in total. The number of methoxy groups -OCH3 is 2. The van der Waals surface area contributed by atoms with E-state index < -0.39 is 11.6 Å². The number of anilines is 2. The van der Waals surface area contributed by atoms with Gasteiger partial charge in [0.2, 0.25) is 0 Å². The molecule has 0 bridgehead atoms. The summed E-state index contributed by atoms with van der Waals surface area (Å²) in [7, 11) is 2.92. The van der Waals surface area contributed by atoms with E-state index in [1.54, 1.807) is 13.2 Å². The normalized spacial score (nSPS) is 10.8. The predicted octanol–water partition coefficient (Wildman–Crippen LogP) is 3.69. The fraction of sp³-hybridized carbons (Fsp3) is 0.222. The van der Waals surface area contributed by atoms with Gasteiger partial charge >= 0.3 is 0 Å². The molecule has 3 rings (SSSR count). The minimum atomic E-state index is -0.520. The van der Waals surface area contributed by atoms with Crippen LogP contribution >= 0.6 is 0 Å². The van der Waals surface area contributed by atoms with Gasteiger partial charge in [0.1, 0.15) is 18.8 Å². The molecule has 0 radical (unpaired) electrons. The maximum atomic E-state index is 14.2. The van der Waals surface area contributed by atoms with Crippen molar-refractivity contribution in [1.29, 1.82) is 0 Å². The molecule has 2 aromatic carbocycles. The molecule has 3 aromatic rings. The van der Waals surface area contributed by atoms with E-state index in [4.69, 9.17) is 14.2 Å². The van der Waals surface area contributed by atoms with Crippen LogP contribution in [0.4, 0.5) is 20.3 Å². The summed E-state index contributed by atoms with van der Waals surface area (Å²) in [5.74, 6) is -0.436. The minimum Gasteiger partial charge on any atom is -0.494 e. The molecule has 8 heteroatoms. The smallest absolute Gasteiger partial charge is 0.167 e. The highest BCUT2D eigenvalue weighted by Crippen LogP contribution is 2.30. The zero-order valence-corrected chi connectivity index (χ0v) is 14.3. The molecule has 0 fully saturated rings. The quantitative estimate of drug-likeness (QED) is 0.648. The van der Waals surface area contributed by atoms with Crippen molar-refractivity contribution in [3.8, 4) is 11.5 Å². The highest BCUT2D eigenvalue weighted by atomic mass is 19.1. The van der Waals surface area contributed by atoms with Crippen LogP contribution in [0.3, 0.4) is 0 Å². The Morgan fingerprint density at radius 2 is 1.77 bits per heavy atom. The van der Waals surface area contributed by atoms with E-state index in [1.807, 2.05) is 0 Å². The van der Waals surface area contributed by atoms with E-state index in [9.17, 15) is 8.78 Å². The lowest BCUT2D eigenvalue weighted by Crippen LogP contribution is -2.05. The Labute approximate surface area is 148 Å². The Balaban J connectivity index is 1.88. The number of hydrogen-bond donors (Lipinski definition) is 1. The summed E-state index contributed by atoms with van der Waals surface area (Å²) in [5, 5.41) is 3.55. The number of nitrogens with zero attached hydrogens (tertiary/aromatic N) is 2. The van der Waals surface area contributed by atoms with Gasteiger partial charge in [-0.3, -0.25) is 0 Å². The largest absolute Gasteiger partial charge is 0.494 e. The van der Waals surface area contributed by atoms with Gasteiger partial charge in [-0.1, -0.05) is 0 Å². The van der Waals surface area contributed by atoms with E-state index in [2.05, 4.69) is 15.3 Å². The monoisotopic (exact) mass is 361 g/mol. The number of nitrogens with one attached hydrogen (secondary N) is 1. The van der Waals surface area contributed by atoms with Crippen molar-refractivity contribution in [1.82, 2.24) is 9.97 Å². The van der Waals surface area contributed by atoms with Crippen molar-refractivity contribution in [2.45, 2.75) is 0 Å². The second-order valence-corrected chi connectivity index (χ2v) is 5.34. The average molecular weight is 361 g/mol. The van der Waals surface area contributed by atoms with Crippen molar-refractivity contribution in [3.63, 3.8) is 0 Å².